The van der Waals surface area contributed by atoms with Crippen molar-refractivity contribution in [2.75, 3.05) is 26.2 Å². The third kappa shape index (κ3) is 11.1. The Morgan fingerprint density at radius 2 is 0.906 bits per heavy atom. The van der Waals surface area contributed by atoms with Crippen molar-refractivity contribution >= 4 is 58.4 Å². The van der Waals surface area contributed by atoms with Gasteiger partial charge in [-0.2, -0.15) is 10.2 Å². The molecule has 6 saturated carbocycles. The van der Waals surface area contributed by atoms with Crippen molar-refractivity contribution in [3.8, 4) is 0 Å². The Labute approximate surface area is 497 Å². The fourth-order valence-corrected chi connectivity index (χ4v) is 16.4. The minimum absolute atomic E-state index is 0. The van der Waals surface area contributed by atoms with Crippen LogP contribution in [0.3, 0.4) is 0 Å². The van der Waals surface area contributed by atoms with E-state index >= 15 is 8.78 Å². The maximum Gasteiger partial charge on any atom is 0.259 e. The van der Waals surface area contributed by atoms with Gasteiger partial charge >= 0.3 is 0 Å². The number of hydrazone groups is 2. The van der Waals surface area contributed by atoms with Gasteiger partial charge in [-0.3, -0.25) is 38.4 Å². The molecule has 0 aromatic carbocycles. The molecule has 0 heterocycles. The number of hydrogen-bond acceptors (Lipinski definition) is 14. The van der Waals surface area contributed by atoms with Gasteiger partial charge < -0.3 is 41.7 Å². The number of nitrogens with one attached hydrogen (secondary N) is 6. The fourth-order valence-electron chi connectivity index (χ4n) is 16.4. The van der Waals surface area contributed by atoms with Crippen molar-refractivity contribution in [3.63, 3.8) is 0 Å². The smallest absolute Gasteiger partial charge is 0.259 e. The van der Waals surface area contributed by atoms with E-state index in [1.165, 1.54) is 13.8 Å². The number of aliphatic hydroxyl groups excluding tert-OH is 2. The molecule has 0 spiro atoms. The molecule has 16 atom stereocenters. The van der Waals surface area contributed by atoms with Crippen molar-refractivity contribution in [3.05, 3.63) is 71.9 Å². The fraction of sp³-hybridized carbons (Fsp3) is 0.651. The largest absolute Gasteiger partial charge is 0.390 e. The Morgan fingerprint density at radius 3 is 1.22 bits per heavy atom. The van der Waals surface area contributed by atoms with E-state index in [0.717, 1.165) is 11.1 Å². The molecule has 0 aromatic heterocycles. The van der Waals surface area contributed by atoms with Crippen LogP contribution in [0, 0.1) is 57.2 Å². The first-order valence-electron chi connectivity index (χ1n) is 29.3. The number of carbonyl (C=O) groups is 8. The molecule has 8 aliphatic rings. The number of Topliss-reactive ketones (excluding diaryl/α,β-unsaturated/α-hetero) is 2. The monoisotopic (exact) mass is 1190 g/mol. The number of alkyl halides is 2. The van der Waals surface area contributed by atoms with Crippen LogP contribution in [-0.4, -0.2) is 140 Å². The molecule has 22 heteroatoms. The molecule has 8 aliphatic carbocycles. The Morgan fingerprint density at radius 1 is 0.576 bits per heavy atom. The number of amides is 6. The first-order chi connectivity index (χ1) is 39.1. The van der Waals surface area contributed by atoms with Crippen molar-refractivity contribution in [2.45, 2.75) is 176 Å². The first kappa shape index (κ1) is 67.8. The molecule has 468 valence electrons. The van der Waals surface area contributed by atoms with Gasteiger partial charge in [0.05, 0.1) is 49.8 Å². The first-order valence-corrected chi connectivity index (χ1v) is 29.3. The van der Waals surface area contributed by atoms with Gasteiger partial charge in [-0.1, -0.05) is 85.4 Å². The summed E-state index contributed by atoms with van der Waals surface area (Å²) in [7, 11) is 0. The van der Waals surface area contributed by atoms with Gasteiger partial charge in [0.2, 0.25) is 23.6 Å². The van der Waals surface area contributed by atoms with Gasteiger partial charge in [-0.05, 0) is 127 Å². The van der Waals surface area contributed by atoms with Crippen LogP contribution in [0.4, 0.5) is 8.78 Å². The molecule has 6 amide bonds. The zero-order chi connectivity index (χ0) is 62.5. The number of carbonyl (C=O) groups excluding carboxylic acids is 8. The Hall–Kier alpha value is -6.36. The van der Waals surface area contributed by atoms with Crippen LogP contribution in [0.2, 0.25) is 0 Å². The van der Waals surface area contributed by atoms with Gasteiger partial charge in [0, 0.05) is 57.5 Å². The summed E-state index contributed by atoms with van der Waals surface area (Å²) in [6.07, 6.45) is 10.5. The molecule has 20 nitrogen and oxygen atoms in total. The van der Waals surface area contributed by atoms with Crippen LogP contribution in [0.1, 0.15) is 141 Å². The second-order valence-electron chi connectivity index (χ2n) is 25.7. The van der Waals surface area contributed by atoms with E-state index in [-0.39, 0.29) is 106 Å². The quantitative estimate of drug-likeness (QED) is 0.0744. The third-order valence-corrected chi connectivity index (χ3v) is 21.1. The van der Waals surface area contributed by atoms with Crippen LogP contribution in [0.25, 0.3) is 0 Å². The normalized spacial score (nSPS) is 38.9. The van der Waals surface area contributed by atoms with Crippen LogP contribution in [0.5, 0.6) is 0 Å². The summed E-state index contributed by atoms with van der Waals surface area (Å²) in [5, 5.41) is 64.2. The van der Waals surface area contributed by atoms with E-state index in [9.17, 15) is 58.8 Å². The zero-order valence-electron chi connectivity index (χ0n) is 50.1. The van der Waals surface area contributed by atoms with Crippen LogP contribution >= 0.6 is 0 Å². The summed E-state index contributed by atoms with van der Waals surface area (Å²) >= 11 is 0. The Kier molecular flexibility index (Phi) is 19.8. The van der Waals surface area contributed by atoms with E-state index in [1.54, 1.807) is 64.2 Å². The lowest BCUT2D eigenvalue weighted by Crippen LogP contribution is -2.69. The lowest BCUT2D eigenvalue weighted by Gasteiger charge is -2.62. The van der Waals surface area contributed by atoms with E-state index in [0.29, 0.717) is 49.9 Å². The number of allylic oxidation sites excluding steroid dienone is 8. The minimum atomic E-state index is -2.02. The highest BCUT2D eigenvalue weighted by Gasteiger charge is 2.77. The van der Waals surface area contributed by atoms with Crippen LogP contribution < -0.4 is 32.1 Å². The van der Waals surface area contributed by atoms with Gasteiger partial charge in [-0.25, -0.2) is 19.6 Å². The Bertz CT molecular complexity index is 2780. The molecule has 0 bridgehead atoms. The van der Waals surface area contributed by atoms with Crippen molar-refractivity contribution in [1.82, 2.24) is 32.1 Å². The zero-order valence-corrected chi connectivity index (χ0v) is 50.1. The lowest BCUT2D eigenvalue weighted by molar-refractivity contribution is -0.218. The van der Waals surface area contributed by atoms with Gasteiger partial charge in [0.1, 0.15) is 11.2 Å². The van der Waals surface area contributed by atoms with Crippen molar-refractivity contribution < 1.29 is 67.6 Å². The maximum absolute atomic E-state index is 17.5. The average molecular weight is 1190 g/mol. The minimum Gasteiger partial charge on any atom is -0.390 e. The third-order valence-electron chi connectivity index (χ3n) is 21.1. The summed E-state index contributed by atoms with van der Waals surface area (Å²) < 4.78 is 35.0. The average Bonchev–Trinajstić information content (AvgIpc) is 1.73. The molecule has 85 heavy (non-hydrogen) atoms. The molecule has 0 radical (unpaired) electrons. The van der Waals surface area contributed by atoms with Crippen LogP contribution in [0.15, 0.2) is 82.1 Å². The number of nitrogens with zero attached hydrogens (tertiary/aromatic N) is 2. The summed E-state index contributed by atoms with van der Waals surface area (Å²) in [6.45, 7) is 23.0. The summed E-state index contributed by atoms with van der Waals surface area (Å²) in [4.78, 5) is 97.2. The summed E-state index contributed by atoms with van der Waals surface area (Å²) in [5.74, 6) is -6.05. The van der Waals surface area contributed by atoms with Gasteiger partial charge in [0.25, 0.3) is 11.8 Å². The van der Waals surface area contributed by atoms with E-state index < -0.39 is 104 Å². The number of ketones is 2. The molecule has 0 saturated heterocycles. The highest BCUT2D eigenvalue weighted by molar-refractivity contribution is 6.07. The summed E-state index contributed by atoms with van der Waals surface area (Å²) in [6, 6.07) is 0. The molecule has 6 fully saturated rings. The highest BCUT2D eigenvalue weighted by atomic mass is 19.1. The predicted molar refractivity (Wildman–Crippen MR) is 316 cm³/mol. The number of halogens is 2. The van der Waals surface area contributed by atoms with E-state index in [4.69, 9.17) is 0 Å². The second-order valence-corrected chi connectivity index (χ2v) is 25.7. The second kappa shape index (κ2) is 24.8. The topological polar surface area (TPSA) is 314 Å². The number of hydrogen-bond donors (Lipinski definition) is 10. The molecule has 0 aliphatic heterocycles. The standard InChI is InChI=1S/2C31H43FN4O6.CH4/c2*1-7-23(37)31(42)18(4)12-22-21-9-8-19-13-20(10-11-28(19,5)30(21,32)24(38)14-29(22,31)6)35-36-26(40)16-33-25(39)15-34-27(41)17(2)3;/h2*10-11,13,18,21-22,24,38,42H,2,7-9,12,14-16H2,1,3-6H3,(H,33,39)(H,34,41)(H,36,40);1H4/b35-20+;35-20-;/t2*18-,21+,22+,24+,28+,29+,30+,31+;/m11./s1. The van der Waals surface area contributed by atoms with Gasteiger partial charge in [0.15, 0.2) is 22.9 Å². The van der Waals surface area contributed by atoms with E-state index in [2.05, 4.69) is 55.5 Å². The number of rotatable bonds is 16. The van der Waals surface area contributed by atoms with Crippen LogP contribution in [-0.2, 0) is 38.4 Å². The lowest BCUT2D eigenvalue weighted by atomic mass is 9.44. The molecular weight excluding hydrogens is 1100 g/mol. The van der Waals surface area contributed by atoms with E-state index in [1.807, 2.05) is 27.7 Å². The Balaban J connectivity index is 0.000000269. The van der Waals surface area contributed by atoms with Crippen molar-refractivity contribution in [2.24, 2.45) is 67.4 Å². The predicted octanol–water partition coefficient (Wildman–Crippen LogP) is 4.69. The van der Waals surface area contributed by atoms with Gasteiger partial charge in [-0.15, -0.1) is 0 Å². The number of aliphatic hydroxyl groups is 4. The maximum atomic E-state index is 17.5. The molecule has 10 N–H and O–H groups in total. The highest BCUT2D eigenvalue weighted by Crippen LogP contribution is 2.72. The van der Waals surface area contributed by atoms with Crippen molar-refractivity contribution in [1.29, 1.82) is 0 Å². The summed E-state index contributed by atoms with van der Waals surface area (Å²) in [5.41, 5.74) is -3.85. The molecule has 0 unspecified atom stereocenters. The molecule has 0 aromatic rings. The molecule has 8 rings (SSSR count). The molecular formula is C63H90F2N8O12. The number of fused-ring (bicyclic) bond motifs is 10. The SMILES string of the molecule is C.C=C(C)C(=O)NCC(=O)NCC(=O)N/N=C1/C=C[C@@]2(C)C(=C1)CC[C@H]1[C@@H]3C[C@@H](C)[C@](O)(C(=O)CC)[C@@]3(C)C[C@H](O)[C@@]12F.C=C(C)C(=O)NCC(=O)NCC(=O)N/N=C1\C=C[C@@]2(C)C(=C1)CC[C@H]1[C@@H]3C[C@@H](C)[C@](O)(C(=O)CC)[C@@]3(C)C[C@H](O)[C@@]12F.